The van der Waals surface area contributed by atoms with Crippen LogP contribution in [0.4, 0.5) is 0 Å². The van der Waals surface area contributed by atoms with Crippen molar-refractivity contribution >= 4 is 36.9 Å². The fraction of sp³-hybridized carbons (Fsp3) is 0.158. The van der Waals surface area contributed by atoms with Gasteiger partial charge in [0.05, 0.1) is 30.6 Å². The fourth-order valence-electron chi connectivity index (χ4n) is 3.24. The summed E-state index contributed by atoms with van der Waals surface area (Å²) in [6.07, 6.45) is 3.57. The zero-order chi connectivity index (χ0) is 21.5. The van der Waals surface area contributed by atoms with Crippen LogP contribution in [-0.2, 0) is 16.6 Å². The second kappa shape index (κ2) is 7.74. The standard InChI is InChI=1S/C19H17BrN4O5S/c1-27-13-8-11(10-24-7-3-6-22-24)9-14-16(13)18(23-29-14)12-4-5-15(30(21,25)26)19(28-2)17(12)20/h3-9H,10H2,1-2H3,(H2,21,25,26). The lowest BCUT2D eigenvalue weighted by Gasteiger charge is -2.12. The molecular weight excluding hydrogens is 476 g/mol. The highest BCUT2D eigenvalue weighted by atomic mass is 79.9. The normalized spacial score (nSPS) is 11.7. The van der Waals surface area contributed by atoms with E-state index < -0.39 is 10.0 Å². The summed E-state index contributed by atoms with van der Waals surface area (Å²) >= 11 is 3.41. The van der Waals surface area contributed by atoms with E-state index in [1.807, 2.05) is 24.4 Å². The van der Waals surface area contributed by atoms with Gasteiger partial charge in [0.25, 0.3) is 0 Å². The summed E-state index contributed by atoms with van der Waals surface area (Å²) in [5, 5.41) is 14.3. The average Bonchev–Trinajstić information content (AvgIpc) is 3.36. The van der Waals surface area contributed by atoms with Crippen LogP contribution in [0.3, 0.4) is 0 Å². The van der Waals surface area contributed by atoms with Crippen molar-refractivity contribution in [3.63, 3.8) is 0 Å². The number of primary sulfonamides is 1. The van der Waals surface area contributed by atoms with E-state index in [-0.39, 0.29) is 10.6 Å². The van der Waals surface area contributed by atoms with Crippen LogP contribution in [0.1, 0.15) is 5.56 Å². The molecule has 156 valence electrons. The van der Waals surface area contributed by atoms with E-state index in [0.29, 0.717) is 39.0 Å². The Kier molecular flexibility index (Phi) is 5.26. The van der Waals surface area contributed by atoms with Gasteiger partial charge in [0, 0.05) is 18.0 Å². The van der Waals surface area contributed by atoms with Gasteiger partial charge in [-0.15, -0.1) is 0 Å². The number of fused-ring (bicyclic) bond motifs is 1. The van der Waals surface area contributed by atoms with E-state index in [4.69, 9.17) is 19.1 Å². The molecule has 11 heteroatoms. The van der Waals surface area contributed by atoms with Gasteiger partial charge in [0.2, 0.25) is 10.0 Å². The van der Waals surface area contributed by atoms with Gasteiger partial charge in [-0.1, -0.05) is 5.16 Å². The summed E-state index contributed by atoms with van der Waals surface area (Å²) in [5.74, 6) is 0.646. The molecule has 0 saturated heterocycles. The molecule has 0 aliphatic heterocycles. The minimum atomic E-state index is -3.97. The summed E-state index contributed by atoms with van der Waals surface area (Å²) in [5.41, 5.74) is 2.48. The molecule has 0 atom stereocenters. The maximum atomic E-state index is 11.9. The third-order valence-corrected chi connectivity index (χ3v) is 6.27. The lowest BCUT2D eigenvalue weighted by atomic mass is 10.0. The third kappa shape index (κ3) is 3.55. The van der Waals surface area contributed by atoms with Crippen molar-refractivity contribution in [1.82, 2.24) is 14.9 Å². The fourth-order valence-corrected chi connectivity index (χ4v) is 4.77. The van der Waals surface area contributed by atoms with Gasteiger partial charge in [-0.25, -0.2) is 13.6 Å². The Morgan fingerprint density at radius 3 is 2.67 bits per heavy atom. The summed E-state index contributed by atoms with van der Waals surface area (Å²) in [6.45, 7) is 0.538. The number of nitrogens with two attached hydrogens (primary N) is 1. The van der Waals surface area contributed by atoms with Crippen molar-refractivity contribution in [2.24, 2.45) is 5.14 Å². The minimum Gasteiger partial charge on any atom is -0.496 e. The molecular formula is C19H17BrN4O5S. The molecule has 0 aliphatic rings. The van der Waals surface area contributed by atoms with Crippen molar-refractivity contribution in [3.8, 4) is 22.8 Å². The monoisotopic (exact) mass is 492 g/mol. The predicted molar refractivity (Wildman–Crippen MR) is 113 cm³/mol. The van der Waals surface area contributed by atoms with Crippen LogP contribution in [0.5, 0.6) is 11.5 Å². The number of sulfonamides is 1. The van der Waals surface area contributed by atoms with Crippen LogP contribution in [0.15, 0.2) is 56.6 Å². The Morgan fingerprint density at radius 1 is 1.23 bits per heavy atom. The van der Waals surface area contributed by atoms with Crippen LogP contribution < -0.4 is 14.6 Å². The van der Waals surface area contributed by atoms with Crippen LogP contribution in [0.25, 0.3) is 22.2 Å². The maximum absolute atomic E-state index is 11.9. The van der Waals surface area contributed by atoms with Crippen molar-refractivity contribution in [3.05, 3.63) is 52.8 Å². The lowest BCUT2D eigenvalue weighted by Crippen LogP contribution is -2.13. The van der Waals surface area contributed by atoms with Gasteiger partial charge in [-0.05, 0) is 51.8 Å². The molecule has 2 aromatic heterocycles. The first kappa shape index (κ1) is 20.4. The average molecular weight is 493 g/mol. The molecule has 2 aromatic carbocycles. The van der Waals surface area contributed by atoms with Gasteiger partial charge in [0.15, 0.2) is 11.3 Å². The Labute approximate surface area is 180 Å². The second-order valence-corrected chi connectivity index (χ2v) is 8.73. The van der Waals surface area contributed by atoms with E-state index in [0.717, 1.165) is 5.56 Å². The molecule has 0 unspecified atom stereocenters. The van der Waals surface area contributed by atoms with Gasteiger partial charge in [0.1, 0.15) is 16.3 Å². The molecule has 4 aromatic rings. The second-order valence-electron chi connectivity index (χ2n) is 6.41. The molecule has 0 bridgehead atoms. The quantitative estimate of drug-likeness (QED) is 0.438. The number of methoxy groups -OCH3 is 2. The summed E-state index contributed by atoms with van der Waals surface area (Å²) < 4.78 is 42.3. The zero-order valence-electron chi connectivity index (χ0n) is 16.0. The zero-order valence-corrected chi connectivity index (χ0v) is 18.4. The first-order chi connectivity index (χ1) is 14.3. The van der Waals surface area contributed by atoms with Gasteiger partial charge in [-0.3, -0.25) is 4.68 Å². The third-order valence-electron chi connectivity index (χ3n) is 4.55. The largest absolute Gasteiger partial charge is 0.496 e. The Balaban J connectivity index is 1.88. The Bertz CT molecular complexity index is 1330. The molecule has 0 radical (unpaired) electrons. The molecule has 9 nitrogen and oxygen atoms in total. The number of aromatic nitrogens is 3. The van der Waals surface area contributed by atoms with E-state index in [2.05, 4.69) is 26.2 Å². The first-order valence-corrected chi connectivity index (χ1v) is 11.0. The van der Waals surface area contributed by atoms with Crippen molar-refractivity contribution < 1.29 is 22.4 Å². The van der Waals surface area contributed by atoms with E-state index in [1.54, 1.807) is 24.1 Å². The summed E-state index contributed by atoms with van der Waals surface area (Å²) in [6, 6.07) is 8.54. The minimum absolute atomic E-state index is 0.0837. The smallest absolute Gasteiger partial charge is 0.241 e. The van der Waals surface area contributed by atoms with Gasteiger partial charge in [-0.2, -0.15) is 5.10 Å². The lowest BCUT2D eigenvalue weighted by molar-refractivity contribution is 0.400. The number of halogens is 1. The highest BCUT2D eigenvalue weighted by Gasteiger charge is 2.24. The van der Waals surface area contributed by atoms with Gasteiger partial charge < -0.3 is 14.0 Å². The topological polar surface area (TPSA) is 122 Å². The van der Waals surface area contributed by atoms with Crippen molar-refractivity contribution in [2.75, 3.05) is 14.2 Å². The number of benzene rings is 2. The molecule has 4 rings (SSSR count). The molecule has 30 heavy (non-hydrogen) atoms. The van der Waals surface area contributed by atoms with Crippen molar-refractivity contribution in [2.45, 2.75) is 11.4 Å². The number of hydrogen-bond acceptors (Lipinski definition) is 7. The van der Waals surface area contributed by atoms with E-state index in [1.165, 1.54) is 13.2 Å². The maximum Gasteiger partial charge on any atom is 0.241 e. The van der Waals surface area contributed by atoms with E-state index in [9.17, 15) is 8.42 Å². The van der Waals surface area contributed by atoms with Crippen LogP contribution in [0, 0.1) is 0 Å². The Morgan fingerprint density at radius 2 is 2.03 bits per heavy atom. The molecule has 0 saturated carbocycles. The van der Waals surface area contributed by atoms with Crippen LogP contribution in [0.2, 0.25) is 0 Å². The SMILES string of the molecule is COc1c(S(N)(=O)=O)ccc(-c2noc3cc(Cn4cccn4)cc(OC)c23)c1Br. The number of ether oxygens (including phenoxy) is 2. The number of hydrogen-bond donors (Lipinski definition) is 1. The molecule has 0 amide bonds. The summed E-state index contributed by atoms with van der Waals surface area (Å²) in [4.78, 5) is -0.137. The van der Waals surface area contributed by atoms with E-state index >= 15 is 0 Å². The van der Waals surface area contributed by atoms with Crippen LogP contribution in [-0.4, -0.2) is 37.6 Å². The molecule has 0 fully saturated rings. The van der Waals surface area contributed by atoms with Gasteiger partial charge >= 0.3 is 0 Å². The Hall–Kier alpha value is -2.89. The van der Waals surface area contributed by atoms with Crippen LogP contribution >= 0.6 is 15.9 Å². The highest BCUT2D eigenvalue weighted by molar-refractivity contribution is 9.10. The predicted octanol–water partition coefficient (Wildman–Crippen LogP) is 3.17. The summed E-state index contributed by atoms with van der Waals surface area (Å²) in [7, 11) is -1.05. The number of rotatable bonds is 6. The van der Waals surface area contributed by atoms with Crippen molar-refractivity contribution in [1.29, 1.82) is 0 Å². The molecule has 2 heterocycles. The highest BCUT2D eigenvalue weighted by Crippen LogP contribution is 2.43. The number of nitrogens with zero attached hydrogens (tertiary/aromatic N) is 3. The molecule has 2 N–H and O–H groups in total. The first-order valence-electron chi connectivity index (χ1n) is 8.67. The molecule has 0 spiro atoms. The molecule has 0 aliphatic carbocycles.